The molecule has 0 aliphatic carbocycles. The van der Waals surface area contributed by atoms with Crippen LogP contribution >= 0.6 is 0 Å². The zero-order chi connectivity index (χ0) is 13.6. The first-order valence-corrected chi connectivity index (χ1v) is 5.71. The fraction of sp³-hybridized carbons (Fsp3) is 0.462. The van der Waals surface area contributed by atoms with Crippen molar-refractivity contribution >= 4 is 5.97 Å². The quantitative estimate of drug-likeness (QED) is 0.633. The van der Waals surface area contributed by atoms with Gasteiger partial charge < -0.3 is 20.3 Å². The van der Waals surface area contributed by atoms with E-state index in [-0.39, 0.29) is 19.2 Å². The summed E-state index contributed by atoms with van der Waals surface area (Å²) in [5.41, 5.74) is -0.725. The van der Waals surface area contributed by atoms with E-state index in [1.807, 2.05) is 30.3 Å². The Morgan fingerprint density at radius 2 is 2.06 bits per heavy atom. The van der Waals surface area contributed by atoms with Crippen LogP contribution in [0.25, 0.3) is 0 Å². The summed E-state index contributed by atoms with van der Waals surface area (Å²) >= 11 is 0. The molecule has 1 rings (SSSR count). The Bertz CT molecular complexity index is 378. The smallest absolute Gasteiger partial charge is 0.338 e. The third-order valence-corrected chi connectivity index (χ3v) is 2.70. The van der Waals surface area contributed by atoms with Gasteiger partial charge in [0.25, 0.3) is 0 Å². The molecule has 0 aliphatic heterocycles. The molecule has 0 spiro atoms. The molecule has 1 aromatic carbocycles. The van der Waals surface area contributed by atoms with Crippen molar-refractivity contribution in [2.45, 2.75) is 18.6 Å². The maximum absolute atomic E-state index is 11.3. The third-order valence-electron chi connectivity index (χ3n) is 2.70. The largest absolute Gasteiger partial charge is 0.467 e. The van der Waals surface area contributed by atoms with Crippen LogP contribution < -0.4 is 5.32 Å². The van der Waals surface area contributed by atoms with Crippen molar-refractivity contribution in [2.75, 3.05) is 20.3 Å². The molecule has 2 unspecified atom stereocenters. The van der Waals surface area contributed by atoms with Crippen molar-refractivity contribution in [3.05, 3.63) is 35.9 Å². The Hall–Kier alpha value is -1.43. The summed E-state index contributed by atoms with van der Waals surface area (Å²) < 4.78 is 4.50. The van der Waals surface area contributed by atoms with Crippen LogP contribution in [0.4, 0.5) is 0 Å². The molecular weight excluding hydrogens is 234 g/mol. The van der Waals surface area contributed by atoms with Crippen molar-refractivity contribution in [3.63, 3.8) is 0 Å². The monoisotopic (exact) mass is 253 g/mol. The molecule has 0 saturated carbocycles. The topological polar surface area (TPSA) is 78.8 Å². The van der Waals surface area contributed by atoms with Crippen LogP contribution in [0, 0.1) is 0 Å². The van der Waals surface area contributed by atoms with Gasteiger partial charge in [0, 0.05) is 6.54 Å². The van der Waals surface area contributed by atoms with E-state index in [4.69, 9.17) is 0 Å². The van der Waals surface area contributed by atoms with E-state index in [1.165, 1.54) is 14.0 Å². The highest BCUT2D eigenvalue weighted by molar-refractivity contribution is 5.78. The molecule has 0 saturated heterocycles. The second-order valence-corrected chi connectivity index (χ2v) is 4.29. The summed E-state index contributed by atoms with van der Waals surface area (Å²) in [4.78, 5) is 11.3. The Balaban J connectivity index is 2.63. The average molecular weight is 253 g/mol. The van der Waals surface area contributed by atoms with E-state index in [0.717, 1.165) is 5.56 Å². The number of ether oxygens (including phenoxy) is 1. The van der Waals surface area contributed by atoms with Gasteiger partial charge in [-0.3, -0.25) is 0 Å². The van der Waals surface area contributed by atoms with E-state index >= 15 is 0 Å². The second kappa shape index (κ2) is 6.49. The van der Waals surface area contributed by atoms with E-state index in [0.29, 0.717) is 0 Å². The van der Waals surface area contributed by atoms with E-state index in [1.54, 1.807) is 0 Å². The molecule has 5 heteroatoms. The van der Waals surface area contributed by atoms with Crippen LogP contribution in [0.15, 0.2) is 30.3 Å². The number of hydrogen-bond acceptors (Lipinski definition) is 5. The number of aliphatic hydroxyl groups excluding tert-OH is 1. The summed E-state index contributed by atoms with van der Waals surface area (Å²) in [5.74, 6) is -0.709. The zero-order valence-corrected chi connectivity index (χ0v) is 10.6. The van der Waals surface area contributed by atoms with Crippen LogP contribution in [0.1, 0.15) is 18.5 Å². The second-order valence-electron chi connectivity index (χ2n) is 4.29. The van der Waals surface area contributed by atoms with Crippen LogP contribution in [0.3, 0.4) is 0 Å². The van der Waals surface area contributed by atoms with E-state index in [2.05, 4.69) is 10.1 Å². The van der Waals surface area contributed by atoms with Crippen molar-refractivity contribution in [1.82, 2.24) is 5.32 Å². The predicted molar refractivity (Wildman–Crippen MR) is 66.9 cm³/mol. The molecule has 0 heterocycles. The maximum atomic E-state index is 11.3. The number of aliphatic hydroxyl groups is 2. The Morgan fingerprint density at radius 1 is 1.44 bits per heavy atom. The van der Waals surface area contributed by atoms with Crippen LogP contribution in [-0.4, -0.2) is 42.0 Å². The molecule has 18 heavy (non-hydrogen) atoms. The maximum Gasteiger partial charge on any atom is 0.338 e. The van der Waals surface area contributed by atoms with Gasteiger partial charge in [0.05, 0.1) is 19.8 Å². The standard InChI is InChI=1S/C13H19NO4/c1-13(17,12(16)18-2)9-14-11(8-15)10-6-4-3-5-7-10/h3-7,11,14-15,17H,8-9H2,1-2H3. The van der Waals surface area contributed by atoms with Gasteiger partial charge in [-0.25, -0.2) is 4.79 Å². The van der Waals surface area contributed by atoms with Gasteiger partial charge in [0.1, 0.15) is 0 Å². The molecule has 1 aromatic rings. The molecule has 0 aromatic heterocycles. The number of esters is 1. The Labute approximate surface area is 106 Å². The number of methoxy groups -OCH3 is 1. The fourth-order valence-electron chi connectivity index (χ4n) is 1.59. The molecule has 3 N–H and O–H groups in total. The van der Waals surface area contributed by atoms with Gasteiger partial charge in [-0.05, 0) is 12.5 Å². The fourth-order valence-corrected chi connectivity index (χ4v) is 1.59. The lowest BCUT2D eigenvalue weighted by molar-refractivity contribution is -0.160. The van der Waals surface area contributed by atoms with Crippen molar-refractivity contribution in [1.29, 1.82) is 0 Å². The summed E-state index contributed by atoms with van der Waals surface area (Å²) in [6.07, 6.45) is 0. The summed E-state index contributed by atoms with van der Waals surface area (Å²) in [6, 6.07) is 8.99. The number of carbonyl (C=O) groups excluding carboxylic acids is 1. The molecule has 2 atom stereocenters. The summed E-state index contributed by atoms with van der Waals surface area (Å²) in [7, 11) is 1.22. The molecule has 0 fully saturated rings. The van der Waals surface area contributed by atoms with Crippen molar-refractivity contribution in [2.24, 2.45) is 0 Å². The van der Waals surface area contributed by atoms with Crippen molar-refractivity contribution in [3.8, 4) is 0 Å². The van der Waals surface area contributed by atoms with Gasteiger partial charge in [0.2, 0.25) is 0 Å². The third kappa shape index (κ3) is 3.80. The molecule has 0 radical (unpaired) electrons. The lowest BCUT2D eigenvalue weighted by atomic mass is 10.0. The minimum atomic E-state index is -1.61. The SMILES string of the molecule is COC(=O)C(C)(O)CNC(CO)c1ccccc1. The molecule has 0 amide bonds. The predicted octanol–water partition coefficient (Wildman–Crippen LogP) is 0.234. The summed E-state index contributed by atoms with van der Waals surface area (Å²) in [6.45, 7) is 1.24. The number of carbonyl (C=O) groups is 1. The minimum Gasteiger partial charge on any atom is -0.467 e. The van der Waals surface area contributed by atoms with Gasteiger partial charge in [-0.15, -0.1) is 0 Å². The normalized spacial score (nSPS) is 15.8. The first-order chi connectivity index (χ1) is 8.51. The van der Waals surface area contributed by atoms with Gasteiger partial charge in [-0.2, -0.15) is 0 Å². The highest BCUT2D eigenvalue weighted by atomic mass is 16.5. The van der Waals surface area contributed by atoms with Gasteiger partial charge >= 0.3 is 5.97 Å². The molecule has 0 bridgehead atoms. The van der Waals surface area contributed by atoms with Crippen LogP contribution in [0.2, 0.25) is 0 Å². The highest BCUT2D eigenvalue weighted by Gasteiger charge is 2.31. The lowest BCUT2D eigenvalue weighted by Crippen LogP contribution is -2.47. The molecule has 0 aliphatic rings. The van der Waals surface area contributed by atoms with E-state index in [9.17, 15) is 15.0 Å². The first kappa shape index (κ1) is 14.6. The number of hydrogen-bond donors (Lipinski definition) is 3. The highest BCUT2D eigenvalue weighted by Crippen LogP contribution is 2.13. The Morgan fingerprint density at radius 3 is 2.56 bits per heavy atom. The molecule has 100 valence electrons. The van der Waals surface area contributed by atoms with Crippen LogP contribution in [-0.2, 0) is 9.53 Å². The number of benzene rings is 1. The number of nitrogens with one attached hydrogen (secondary N) is 1. The van der Waals surface area contributed by atoms with Crippen molar-refractivity contribution < 1.29 is 19.7 Å². The van der Waals surface area contributed by atoms with E-state index < -0.39 is 11.6 Å². The molecular formula is C13H19NO4. The van der Waals surface area contributed by atoms with Crippen LogP contribution in [0.5, 0.6) is 0 Å². The van der Waals surface area contributed by atoms with Gasteiger partial charge in [0.15, 0.2) is 5.60 Å². The zero-order valence-electron chi connectivity index (χ0n) is 10.6. The Kier molecular flexibility index (Phi) is 5.27. The molecule has 5 nitrogen and oxygen atoms in total. The lowest BCUT2D eigenvalue weighted by Gasteiger charge is -2.24. The average Bonchev–Trinajstić information content (AvgIpc) is 2.39. The minimum absolute atomic E-state index is 0.000204. The number of rotatable bonds is 6. The summed E-state index contributed by atoms with van der Waals surface area (Å²) in [5, 5.41) is 22.1. The first-order valence-electron chi connectivity index (χ1n) is 5.71. The van der Waals surface area contributed by atoms with Gasteiger partial charge in [-0.1, -0.05) is 30.3 Å².